The number of carbonyl (C=O) groups is 2. The molecule has 2 aliphatic rings. The second-order valence-corrected chi connectivity index (χ2v) is 13.7. The van der Waals surface area contributed by atoms with Crippen molar-refractivity contribution in [1.29, 1.82) is 0 Å². The van der Waals surface area contributed by atoms with Gasteiger partial charge in [0.15, 0.2) is 0 Å². The van der Waals surface area contributed by atoms with Crippen molar-refractivity contribution in [3.05, 3.63) is 64.4 Å². The Hall–Kier alpha value is -2.77. The Bertz CT molecular complexity index is 1390. The molecule has 2 aromatic carbocycles. The summed E-state index contributed by atoms with van der Waals surface area (Å²) in [4.78, 5) is 26.6. The smallest absolute Gasteiger partial charge is 0.407 e. The largest absolute Gasteiger partial charge is 0.453 e. The average molecular weight is 653 g/mol. The Morgan fingerprint density at radius 3 is 2.45 bits per heavy atom. The van der Waals surface area contributed by atoms with E-state index in [0.29, 0.717) is 57.0 Å². The number of hydrogen-bond acceptors (Lipinski definition) is 7. The van der Waals surface area contributed by atoms with E-state index in [1.165, 1.54) is 29.8 Å². The van der Waals surface area contributed by atoms with Crippen molar-refractivity contribution in [2.75, 3.05) is 45.0 Å². The molecule has 2 fully saturated rings. The number of piperazine rings is 1. The lowest BCUT2D eigenvalue weighted by Gasteiger charge is -2.40. The zero-order valence-corrected chi connectivity index (χ0v) is 26.9. The molecule has 2 saturated heterocycles. The van der Waals surface area contributed by atoms with Gasteiger partial charge in [-0.25, -0.2) is 17.6 Å². The SMILES string of the molecule is CCC1CNCC(CCc2c(F)cccc2NC(=O)C(NC(=O)OC)C(c2ccc(Cl)cc2)C2CCOCC2)N1S(C)(=O)=O. The van der Waals surface area contributed by atoms with E-state index in [2.05, 4.69) is 16.0 Å². The van der Waals surface area contributed by atoms with Crippen LogP contribution >= 0.6 is 11.6 Å². The topological polar surface area (TPSA) is 126 Å². The van der Waals surface area contributed by atoms with Crippen LogP contribution in [0.4, 0.5) is 14.9 Å². The number of alkyl carbamates (subject to hydrolysis) is 1. The van der Waals surface area contributed by atoms with Gasteiger partial charge in [0.25, 0.3) is 0 Å². The highest BCUT2D eigenvalue weighted by Crippen LogP contribution is 2.36. The Labute approximate surface area is 264 Å². The van der Waals surface area contributed by atoms with Crippen LogP contribution in [0.3, 0.4) is 0 Å². The van der Waals surface area contributed by atoms with Crippen LogP contribution in [0.1, 0.15) is 49.7 Å². The minimum absolute atomic E-state index is 0.00268. The number of halogens is 2. The van der Waals surface area contributed by atoms with Crippen LogP contribution in [0.15, 0.2) is 42.5 Å². The van der Waals surface area contributed by atoms with Crippen LogP contribution in [0.5, 0.6) is 0 Å². The highest BCUT2D eigenvalue weighted by Gasteiger charge is 2.39. The summed E-state index contributed by atoms with van der Waals surface area (Å²) in [6.07, 6.45) is 2.96. The van der Waals surface area contributed by atoms with Gasteiger partial charge in [-0.15, -0.1) is 0 Å². The van der Waals surface area contributed by atoms with Crippen molar-refractivity contribution in [3.63, 3.8) is 0 Å². The first-order valence-corrected chi connectivity index (χ1v) is 17.2. The van der Waals surface area contributed by atoms with E-state index in [0.717, 1.165) is 5.56 Å². The molecule has 0 aliphatic carbocycles. The van der Waals surface area contributed by atoms with Gasteiger partial charge in [0.1, 0.15) is 11.9 Å². The standard InChI is InChI=1S/C31H42ClFN4O6S/c1-4-23-18-34-19-24(37(23)44(3,40)41)12-13-25-26(33)6-5-7-27(25)35-30(38)29(36-31(39)42-2)28(21-14-16-43-17-15-21)20-8-10-22(32)11-9-20/h5-11,21,23-24,28-29,34H,4,12-19H2,1-3H3,(H,35,38)(H,36,39). The third-order valence-electron chi connectivity index (χ3n) is 8.57. The molecule has 3 N–H and O–H groups in total. The van der Waals surface area contributed by atoms with Crippen molar-refractivity contribution < 1.29 is 31.9 Å². The molecule has 4 rings (SSSR count). The molecule has 0 bridgehead atoms. The summed E-state index contributed by atoms with van der Waals surface area (Å²) in [6.45, 7) is 3.98. The van der Waals surface area contributed by atoms with Crippen LogP contribution in [0.2, 0.25) is 5.02 Å². The summed E-state index contributed by atoms with van der Waals surface area (Å²) in [5.41, 5.74) is 1.34. The van der Waals surface area contributed by atoms with Crippen molar-refractivity contribution in [2.24, 2.45) is 5.92 Å². The quantitative estimate of drug-likeness (QED) is 0.331. The summed E-state index contributed by atoms with van der Waals surface area (Å²) >= 11 is 6.16. The van der Waals surface area contributed by atoms with E-state index in [9.17, 15) is 18.0 Å². The predicted octanol–water partition coefficient (Wildman–Crippen LogP) is 4.30. The van der Waals surface area contributed by atoms with E-state index >= 15 is 4.39 Å². The van der Waals surface area contributed by atoms with Gasteiger partial charge in [0, 0.05) is 60.6 Å². The Morgan fingerprint density at radius 2 is 1.82 bits per heavy atom. The highest BCUT2D eigenvalue weighted by atomic mass is 35.5. The number of ether oxygens (including phenoxy) is 2. The van der Waals surface area contributed by atoms with Crippen molar-refractivity contribution in [1.82, 2.24) is 14.9 Å². The molecule has 242 valence electrons. The molecular weight excluding hydrogens is 611 g/mol. The van der Waals surface area contributed by atoms with E-state index in [1.54, 1.807) is 18.2 Å². The minimum Gasteiger partial charge on any atom is -0.453 e. The molecule has 4 unspecified atom stereocenters. The van der Waals surface area contributed by atoms with Crippen LogP contribution in [-0.2, 0) is 30.7 Å². The van der Waals surface area contributed by atoms with Gasteiger partial charge in [0.2, 0.25) is 15.9 Å². The zero-order valence-electron chi connectivity index (χ0n) is 25.4. The first-order valence-electron chi connectivity index (χ1n) is 15.0. The van der Waals surface area contributed by atoms with Crippen molar-refractivity contribution >= 4 is 39.3 Å². The summed E-state index contributed by atoms with van der Waals surface area (Å²) < 4.78 is 52.7. The second-order valence-electron chi connectivity index (χ2n) is 11.4. The lowest BCUT2D eigenvalue weighted by Crippen LogP contribution is -2.58. The Balaban J connectivity index is 1.63. The Morgan fingerprint density at radius 1 is 1.14 bits per heavy atom. The van der Waals surface area contributed by atoms with E-state index < -0.39 is 39.8 Å². The van der Waals surface area contributed by atoms with E-state index in [1.807, 2.05) is 19.1 Å². The number of benzene rings is 2. The number of amides is 2. The molecule has 44 heavy (non-hydrogen) atoms. The van der Waals surface area contributed by atoms with Gasteiger partial charge in [0.05, 0.1) is 13.4 Å². The summed E-state index contributed by atoms with van der Waals surface area (Å²) in [6, 6.07) is 9.96. The lowest BCUT2D eigenvalue weighted by molar-refractivity contribution is -0.119. The monoisotopic (exact) mass is 652 g/mol. The highest BCUT2D eigenvalue weighted by molar-refractivity contribution is 7.88. The first kappa shape index (κ1) is 34.1. The number of carbonyl (C=O) groups excluding carboxylic acids is 2. The number of nitrogens with zero attached hydrogens (tertiary/aromatic N) is 1. The fraction of sp³-hybridized carbons (Fsp3) is 0.548. The average Bonchev–Trinajstić information content (AvgIpc) is 3.01. The number of rotatable bonds is 11. The molecule has 0 spiro atoms. The molecule has 4 atom stereocenters. The third-order valence-corrected chi connectivity index (χ3v) is 10.2. The minimum atomic E-state index is -3.49. The second kappa shape index (κ2) is 15.5. The molecule has 2 heterocycles. The predicted molar refractivity (Wildman–Crippen MR) is 168 cm³/mol. The summed E-state index contributed by atoms with van der Waals surface area (Å²) in [7, 11) is -2.27. The number of anilines is 1. The molecule has 2 amide bonds. The summed E-state index contributed by atoms with van der Waals surface area (Å²) in [5.74, 6) is -1.50. The fourth-order valence-electron chi connectivity index (χ4n) is 6.44. The molecule has 0 radical (unpaired) electrons. The van der Waals surface area contributed by atoms with Crippen LogP contribution in [0, 0.1) is 11.7 Å². The molecule has 2 aromatic rings. The van der Waals surface area contributed by atoms with Gasteiger partial charge >= 0.3 is 6.09 Å². The van der Waals surface area contributed by atoms with Crippen molar-refractivity contribution in [3.8, 4) is 0 Å². The molecular formula is C31H42ClFN4O6S. The maximum absolute atomic E-state index is 15.3. The van der Waals surface area contributed by atoms with Crippen LogP contribution < -0.4 is 16.0 Å². The van der Waals surface area contributed by atoms with E-state index in [-0.39, 0.29) is 35.7 Å². The third kappa shape index (κ3) is 8.48. The molecule has 0 saturated carbocycles. The van der Waals surface area contributed by atoms with Gasteiger partial charge in [-0.1, -0.05) is 36.7 Å². The number of hydrogen-bond donors (Lipinski definition) is 3. The molecule has 10 nitrogen and oxygen atoms in total. The number of methoxy groups -OCH3 is 1. The normalized spacial score (nSPS) is 21.3. The fourth-order valence-corrected chi connectivity index (χ4v) is 8.05. The molecule has 13 heteroatoms. The maximum Gasteiger partial charge on any atom is 0.407 e. The summed E-state index contributed by atoms with van der Waals surface area (Å²) in [5, 5.41) is 9.44. The number of sulfonamides is 1. The molecule has 0 aromatic heterocycles. The number of nitrogens with one attached hydrogen (secondary N) is 3. The zero-order chi connectivity index (χ0) is 31.9. The maximum atomic E-state index is 15.3. The first-order chi connectivity index (χ1) is 21.0. The lowest BCUT2D eigenvalue weighted by atomic mass is 9.76. The van der Waals surface area contributed by atoms with Gasteiger partial charge in [-0.3, -0.25) is 4.79 Å². The van der Waals surface area contributed by atoms with Gasteiger partial charge in [-0.2, -0.15) is 4.31 Å². The van der Waals surface area contributed by atoms with Gasteiger partial charge < -0.3 is 25.4 Å². The van der Waals surface area contributed by atoms with Gasteiger partial charge in [-0.05, 0) is 67.9 Å². The Kier molecular flexibility index (Phi) is 12.0. The van der Waals surface area contributed by atoms with Crippen LogP contribution in [-0.4, -0.2) is 82.5 Å². The van der Waals surface area contributed by atoms with Crippen molar-refractivity contribution in [2.45, 2.75) is 63.1 Å². The van der Waals surface area contributed by atoms with E-state index in [4.69, 9.17) is 21.1 Å². The van der Waals surface area contributed by atoms with Crippen LogP contribution in [0.25, 0.3) is 0 Å². The molecule has 2 aliphatic heterocycles.